The molecule has 0 amide bonds. The van der Waals surface area contributed by atoms with Crippen molar-refractivity contribution in [2.45, 2.75) is 70.7 Å². The van der Waals surface area contributed by atoms with Crippen LogP contribution in [0.2, 0.25) is 0 Å². The molecule has 7 nitrogen and oxygen atoms in total. The lowest BCUT2D eigenvalue weighted by molar-refractivity contribution is -0.293. The fourth-order valence-corrected chi connectivity index (χ4v) is 6.94. The van der Waals surface area contributed by atoms with E-state index in [1.807, 2.05) is 13.8 Å². The SMILES string of the molecule is CC(=O)O[C@H]1[C@@H]2OC(=O)[C@@H]3c4ccoc4C[C@H]([C@H]23)[C@@]2(C)C(=O)CCC(C)(C)[C@]12O. The molecule has 29 heavy (non-hydrogen) atoms. The lowest BCUT2D eigenvalue weighted by Crippen LogP contribution is -2.78. The van der Waals surface area contributed by atoms with E-state index in [1.54, 1.807) is 19.3 Å². The van der Waals surface area contributed by atoms with Crippen molar-refractivity contribution < 1.29 is 33.4 Å². The Morgan fingerprint density at radius 1 is 1.28 bits per heavy atom. The highest BCUT2D eigenvalue weighted by molar-refractivity contribution is 5.90. The van der Waals surface area contributed by atoms with Crippen molar-refractivity contribution in [3.05, 3.63) is 23.7 Å². The van der Waals surface area contributed by atoms with Crippen LogP contribution in [0.5, 0.6) is 0 Å². The molecule has 3 fully saturated rings. The molecule has 1 aromatic heterocycles. The van der Waals surface area contributed by atoms with Crippen LogP contribution in [0.25, 0.3) is 0 Å². The van der Waals surface area contributed by atoms with Crippen LogP contribution in [0.15, 0.2) is 16.7 Å². The average molecular weight is 402 g/mol. The highest BCUT2D eigenvalue weighted by Crippen LogP contribution is 2.68. The summed E-state index contributed by atoms with van der Waals surface area (Å²) >= 11 is 0. The van der Waals surface area contributed by atoms with Crippen LogP contribution < -0.4 is 0 Å². The molecule has 3 aliphatic carbocycles. The highest BCUT2D eigenvalue weighted by Gasteiger charge is 2.78. The van der Waals surface area contributed by atoms with Gasteiger partial charge in [-0.1, -0.05) is 13.8 Å². The van der Waals surface area contributed by atoms with Crippen molar-refractivity contribution in [1.29, 1.82) is 0 Å². The normalized spacial score (nSPS) is 44.4. The number of carbonyl (C=O) groups is 3. The maximum absolute atomic E-state index is 13.4. The first kappa shape index (κ1) is 18.9. The number of furan rings is 1. The third-order valence-electron chi connectivity index (χ3n) is 8.38. The zero-order valence-electron chi connectivity index (χ0n) is 17.1. The second kappa shape index (κ2) is 5.50. The van der Waals surface area contributed by atoms with Crippen molar-refractivity contribution in [3.63, 3.8) is 0 Å². The molecule has 4 aliphatic rings. The van der Waals surface area contributed by atoms with Gasteiger partial charge in [0.05, 0.1) is 17.6 Å². The van der Waals surface area contributed by atoms with Crippen molar-refractivity contribution in [2.75, 3.05) is 0 Å². The minimum Gasteiger partial charge on any atom is -0.469 e. The number of ether oxygens (including phenoxy) is 2. The molecule has 0 spiro atoms. The second-order valence-corrected chi connectivity index (χ2v) is 9.87. The van der Waals surface area contributed by atoms with Gasteiger partial charge in [0.1, 0.15) is 23.2 Å². The molecule has 1 N–H and O–H groups in total. The molecule has 7 heteroatoms. The number of aliphatic hydroxyl groups is 1. The second-order valence-electron chi connectivity index (χ2n) is 9.87. The molecule has 0 unspecified atom stereocenters. The Hall–Kier alpha value is -2.15. The van der Waals surface area contributed by atoms with Gasteiger partial charge in [0.25, 0.3) is 0 Å². The van der Waals surface area contributed by atoms with Gasteiger partial charge in [0.15, 0.2) is 6.10 Å². The molecular formula is C22H26O7. The summed E-state index contributed by atoms with van der Waals surface area (Å²) in [5, 5.41) is 12.3. The summed E-state index contributed by atoms with van der Waals surface area (Å²) in [5.74, 6) is -1.68. The number of hydrogen-bond donors (Lipinski definition) is 1. The van der Waals surface area contributed by atoms with Gasteiger partial charge in [-0.25, -0.2) is 0 Å². The van der Waals surface area contributed by atoms with Crippen LogP contribution in [-0.4, -0.2) is 40.6 Å². The third-order valence-corrected chi connectivity index (χ3v) is 8.38. The van der Waals surface area contributed by atoms with E-state index in [1.165, 1.54) is 6.92 Å². The molecule has 1 saturated heterocycles. The molecule has 2 saturated carbocycles. The molecule has 0 aromatic carbocycles. The topological polar surface area (TPSA) is 103 Å². The van der Waals surface area contributed by atoms with Crippen molar-refractivity contribution in [1.82, 2.24) is 0 Å². The van der Waals surface area contributed by atoms with Gasteiger partial charge < -0.3 is 19.0 Å². The summed E-state index contributed by atoms with van der Waals surface area (Å²) in [7, 11) is 0. The molecule has 5 rings (SSSR count). The van der Waals surface area contributed by atoms with Crippen LogP contribution >= 0.6 is 0 Å². The molecule has 0 radical (unpaired) electrons. The Morgan fingerprint density at radius 3 is 2.69 bits per heavy atom. The van der Waals surface area contributed by atoms with Gasteiger partial charge in [0.2, 0.25) is 0 Å². The van der Waals surface area contributed by atoms with E-state index in [9.17, 15) is 19.5 Å². The fourth-order valence-electron chi connectivity index (χ4n) is 6.94. The Kier molecular flexibility index (Phi) is 3.58. The third kappa shape index (κ3) is 2.00. The van der Waals surface area contributed by atoms with Crippen LogP contribution in [0.1, 0.15) is 57.8 Å². The quantitative estimate of drug-likeness (QED) is 0.718. The van der Waals surface area contributed by atoms with E-state index in [0.29, 0.717) is 25.0 Å². The van der Waals surface area contributed by atoms with Gasteiger partial charge in [-0.05, 0) is 30.7 Å². The van der Waals surface area contributed by atoms with Crippen LogP contribution in [0, 0.1) is 22.7 Å². The fraction of sp³-hybridized carbons (Fsp3) is 0.682. The number of Topliss-reactive ketones (excluding diaryl/α,β-unsaturated/α-hetero) is 1. The van der Waals surface area contributed by atoms with Gasteiger partial charge >= 0.3 is 11.9 Å². The first-order chi connectivity index (χ1) is 13.5. The summed E-state index contributed by atoms with van der Waals surface area (Å²) in [5.41, 5.74) is -2.83. The summed E-state index contributed by atoms with van der Waals surface area (Å²) in [6.45, 7) is 6.84. The van der Waals surface area contributed by atoms with E-state index in [2.05, 4.69) is 0 Å². The Labute approximate surface area is 168 Å². The van der Waals surface area contributed by atoms with Crippen LogP contribution in [0.4, 0.5) is 0 Å². The van der Waals surface area contributed by atoms with Crippen molar-refractivity contribution in [2.24, 2.45) is 22.7 Å². The summed E-state index contributed by atoms with van der Waals surface area (Å²) in [4.78, 5) is 38.4. The van der Waals surface area contributed by atoms with E-state index >= 15 is 0 Å². The van der Waals surface area contributed by atoms with Crippen LogP contribution in [0.3, 0.4) is 0 Å². The number of esters is 2. The van der Waals surface area contributed by atoms with E-state index < -0.39 is 46.5 Å². The standard InChI is InChI=1S/C22H26O7/c1-10(23)28-18-17-16-12(9-13-11(6-8-27-13)15(16)19(25)29-17)21(4)14(24)5-7-20(2,3)22(18,21)26/h6,8,12,15-18,26H,5,7,9H2,1-4H3/t12-,15-,16+,17-,18+,21+,22-/m1/s1. The largest absolute Gasteiger partial charge is 0.469 e. The molecule has 156 valence electrons. The average Bonchev–Trinajstić information content (AvgIpc) is 3.24. The van der Waals surface area contributed by atoms with E-state index in [-0.39, 0.29) is 17.6 Å². The van der Waals surface area contributed by atoms with Gasteiger partial charge in [-0.2, -0.15) is 0 Å². The zero-order chi connectivity index (χ0) is 20.9. The first-order valence-electron chi connectivity index (χ1n) is 10.2. The van der Waals surface area contributed by atoms with Gasteiger partial charge in [-0.15, -0.1) is 0 Å². The number of rotatable bonds is 1. The molecule has 1 aliphatic heterocycles. The van der Waals surface area contributed by atoms with Crippen molar-refractivity contribution >= 4 is 17.7 Å². The number of hydrogen-bond acceptors (Lipinski definition) is 7. The predicted molar refractivity (Wildman–Crippen MR) is 98.6 cm³/mol. The predicted octanol–water partition coefficient (Wildman–Crippen LogP) is 2.15. The Morgan fingerprint density at radius 2 is 2.00 bits per heavy atom. The molecule has 7 atom stereocenters. The summed E-state index contributed by atoms with van der Waals surface area (Å²) < 4.78 is 17.1. The number of ketones is 1. The smallest absolute Gasteiger partial charge is 0.314 e. The minimum atomic E-state index is -1.67. The van der Waals surface area contributed by atoms with E-state index in [4.69, 9.17) is 13.9 Å². The first-order valence-corrected chi connectivity index (χ1v) is 10.2. The summed E-state index contributed by atoms with van der Waals surface area (Å²) in [6.07, 6.45) is 0.873. The Bertz CT molecular complexity index is 929. The molecule has 1 aromatic rings. The minimum absolute atomic E-state index is 0.0620. The number of carbonyl (C=O) groups excluding carboxylic acids is 3. The lowest BCUT2D eigenvalue weighted by Gasteiger charge is -2.66. The molecule has 2 heterocycles. The highest BCUT2D eigenvalue weighted by atomic mass is 16.6. The zero-order valence-corrected chi connectivity index (χ0v) is 17.1. The molecular weight excluding hydrogens is 376 g/mol. The Balaban J connectivity index is 1.78. The van der Waals surface area contributed by atoms with Crippen molar-refractivity contribution in [3.8, 4) is 0 Å². The van der Waals surface area contributed by atoms with Gasteiger partial charge in [-0.3, -0.25) is 14.4 Å². The monoisotopic (exact) mass is 402 g/mol. The maximum Gasteiger partial charge on any atom is 0.314 e. The molecule has 0 bridgehead atoms. The maximum atomic E-state index is 13.4. The number of fused-ring (bicyclic) bond motifs is 4. The lowest BCUT2D eigenvalue weighted by atomic mass is 9.40. The van der Waals surface area contributed by atoms with Crippen LogP contribution in [-0.2, 0) is 30.3 Å². The van der Waals surface area contributed by atoms with Gasteiger partial charge in [0, 0.05) is 31.2 Å². The van der Waals surface area contributed by atoms with E-state index in [0.717, 1.165) is 5.56 Å². The summed E-state index contributed by atoms with van der Waals surface area (Å²) in [6, 6.07) is 1.77.